The first-order chi connectivity index (χ1) is 5.77. The summed E-state index contributed by atoms with van der Waals surface area (Å²) in [5.74, 6) is -0.395. The van der Waals surface area contributed by atoms with Crippen LogP contribution in [0.4, 0.5) is 0 Å². The van der Waals surface area contributed by atoms with Gasteiger partial charge in [-0.15, -0.1) is 0 Å². The highest BCUT2D eigenvalue weighted by molar-refractivity contribution is 5.85. The van der Waals surface area contributed by atoms with Crippen molar-refractivity contribution in [3.05, 3.63) is 24.3 Å². The van der Waals surface area contributed by atoms with Gasteiger partial charge in [-0.05, 0) is 12.8 Å². The van der Waals surface area contributed by atoms with Crippen molar-refractivity contribution in [1.82, 2.24) is 0 Å². The fourth-order valence-corrected chi connectivity index (χ4v) is 0.837. The molecule has 0 aliphatic rings. The zero-order chi connectivity index (χ0) is 9.23. The van der Waals surface area contributed by atoms with E-state index in [2.05, 4.69) is 13.0 Å². The molecular formula is C10H17NO. The third kappa shape index (κ3) is 8.95. The van der Waals surface area contributed by atoms with Crippen molar-refractivity contribution in [2.45, 2.75) is 32.6 Å². The lowest BCUT2D eigenvalue weighted by molar-refractivity contribution is -0.113. The van der Waals surface area contributed by atoms with Gasteiger partial charge in [0.25, 0.3) is 0 Å². The van der Waals surface area contributed by atoms with Crippen molar-refractivity contribution in [2.75, 3.05) is 0 Å². The predicted molar refractivity (Wildman–Crippen MR) is 51.6 cm³/mol. The first-order valence-corrected chi connectivity index (χ1v) is 4.40. The monoisotopic (exact) mass is 167 g/mol. The lowest BCUT2D eigenvalue weighted by Crippen LogP contribution is -2.04. The standard InChI is InChI=1S/C10H17NO/c1-2-3-4-5-6-7-8-9-10(11)12/h6-9H,2-5H2,1H3,(H2,11,12)/b7-6+,9-8+. The van der Waals surface area contributed by atoms with Crippen LogP contribution in [0.25, 0.3) is 0 Å². The summed E-state index contributed by atoms with van der Waals surface area (Å²) in [4.78, 5) is 10.2. The van der Waals surface area contributed by atoms with Crippen LogP contribution in [0.15, 0.2) is 24.3 Å². The highest BCUT2D eigenvalue weighted by Crippen LogP contribution is 1.99. The number of amides is 1. The molecule has 0 aliphatic carbocycles. The van der Waals surface area contributed by atoms with E-state index >= 15 is 0 Å². The molecule has 0 aromatic heterocycles. The summed E-state index contributed by atoms with van der Waals surface area (Å²) < 4.78 is 0. The minimum Gasteiger partial charge on any atom is -0.366 e. The molecule has 0 fully saturated rings. The quantitative estimate of drug-likeness (QED) is 0.367. The molecule has 1 amide bonds. The molecule has 0 aromatic carbocycles. The Morgan fingerprint density at radius 2 is 2.08 bits per heavy atom. The number of carbonyl (C=O) groups excluding carboxylic acids is 1. The van der Waals surface area contributed by atoms with Gasteiger partial charge in [0.1, 0.15) is 0 Å². The van der Waals surface area contributed by atoms with Crippen molar-refractivity contribution in [3.63, 3.8) is 0 Å². The summed E-state index contributed by atoms with van der Waals surface area (Å²) in [7, 11) is 0. The van der Waals surface area contributed by atoms with Gasteiger partial charge in [-0.25, -0.2) is 0 Å². The van der Waals surface area contributed by atoms with Crippen molar-refractivity contribution >= 4 is 5.91 Å². The Bertz CT molecular complexity index is 171. The van der Waals surface area contributed by atoms with Crippen LogP contribution in [-0.2, 0) is 4.79 Å². The first-order valence-electron chi connectivity index (χ1n) is 4.40. The molecule has 68 valence electrons. The Hall–Kier alpha value is -1.05. The maximum atomic E-state index is 10.2. The highest BCUT2D eigenvalue weighted by Gasteiger charge is 1.80. The van der Waals surface area contributed by atoms with E-state index < -0.39 is 5.91 Å². The summed E-state index contributed by atoms with van der Waals surface area (Å²) in [6, 6.07) is 0. The Balaban J connectivity index is 3.31. The van der Waals surface area contributed by atoms with Gasteiger partial charge < -0.3 is 5.73 Å². The number of rotatable bonds is 6. The lowest BCUT2D eigenvalue weighted by Gasteiger charge is -1.89. The third-order valence-corrected chi connectivity index (χ3v) is 1.48. The van der Waals surface area contributed by atoms with E-state index in [1.54, 1.807) is 6.08 Å². The van der Waals surface area contributed by atoms with E-state index in [1.807, 2.05) is 6.08 Å². The Labute approximate surface area is 74.1 Å². The zero-order valence-electron chi connectivity index (χ0n) is 7.62. The normalized spacial score (nSPS) is 11.4. The number of primary amides is 1. The zero-order valence-corrected chi connectivity index (χ0v) is 7.62. The minimum absolute atomic E-state index is 0.395. The van der Waals surface area contributed by atoms with Gasteiger partial charge in [0.2, 0.25) is 5.91 Å². The van der Waals surface area contributed by atoms with Crippen LogP contribution in [0.1, 0.15) is 32.6 Å². The molecule has 0 unspecified atom stereocenters. The summed E-state index contributed by atoms with van der Waals surface area (Å²) in [5, 5.41) is 0. The van der Waals surface area contributed by atoms with Gasteiger partial charge in [-0.1, -0.05) is 38.0 Å². The number of hydrogen-bond donors (Lipinski definition) is 1. The summed E-state index contributed by atoms with van der Waals surface area (Å²) >= 11 is 0. The van der Waals surface area contributed by atoms with Crippen molar-refractivity contribution in [1.29, 1.82) is 0 Å². The second-order valence-corrected chi connectivity index (χ2v) is 2.69. The molecule has 0 spiro atoms. The van der Waals surface area contributed by atoms with E-state index in [9.17, 15) is 4.79 Å². The number of allylic oxidation sites excluding steroid dienone is 3. The van der Waals surface area contributed by atoms with Crippen molar-refractivity contribution < 1.29 is 4.79 Å². The third-order valence-electron chi connectivity index (χ3n) is 1.48. The average Bonchev–Trinajstić information content (AvgIpc) is 2.02. The molecule has 0 saturated carbocycles. The molecule has 0 aliphatic heterocycles. The topological polar surface area (TPSA) is 43.1 Å². The van der Waals surface area contributed by atoms with E-state index in [1.165, 1.54) is 25.3 Å². The van der Waals surface area contributed by atoms with E-state index in [0.717, 1.165) is 6.42 Å². The predicted octanol–water partition coefficient (Wildman–Crippen LogP) is 2.16. The summed E-state index contributed by atoms with van der Waals surface area (Å²) in [5.41, 5.74) is 4.90. The Morgan fingerprint density at radius 3 is 2.67 bits per heavy atom. The molecule has 2 N–H and O–H groups in total. The fourth-order valence-electron chi connectivity index (χ4n) is 0.837. The van der Waals surface area contributed by atoms with E-state index in [-0.39, 0.29) is 0 Å². The molecule has 0 atom stereocenters. The SMILES string of the molecule is CCCCC/C=C/C=C/C(N)=O. The van der Waals surface area contributed by atoms with Gasteiger partial charge in [-0.2, -0.15) is 0 Å². The second kappa shape index (κ2) is 8.05. The molecule has 0 saturated heterocycles. The van der Waals surface area contributed by atoms with E-state index in [4.69, 9.17) is 5.73 Å². The van der Waals surface area contributed by atoms with Crippen LogP contribution in [0.5, 0.6) is 0 Å². The lowest BCUT2D eigenvalue weighted by atomic mass is 10.2. The molecule has 12 heavy (non-hydrogen) atoms. The highest BCUT2D eigenvalue weighted by atomic mass is 16.1. The van der Waals surface area contributed by atoms with Gasteiger partial charge in [0.05, 0.1) is 0 Å². The van der Waals surface area contributed by atoms with Gasteiger partial charge >= 0.3 is 0 Å². The van der Waals surface area contributed by atoms with Crippen LogP contribution in [-0.4, -0.2) is 5.91 Å². The fraction of sp³-hybridized carbons (Fsp3) is 0.500. The van der Waals surface area contributed by atoms with Crippen LogP contribution in [0.3, 0.4) is 0 Å². The molecule has 0 aromatic rings. The number of hydrogen-bond acceptors (Lipinski definition) is 1. The van der Waals surface area contributed by atoms with Crippen molar-refractivity contribution in [3.8, 4) is 0 Å². The molecule has 2 heteroatoms. The van der Waals surface area contributed by atoms with Crippen LogP contribution in [0, 0.1) is 0 Å². The van der Waals surface area contributed by atoms with E-state index in [0.29, 0.717) is 0 Å². The molecule has 0 bridgehead atoms. The van der Waals surface area contributed by atoms with Gasteiger partial charge in [0.15, 0.2) is 0 Å². The smallest absolute Gasteiger partial charge is 0.241 e. The molecule has 0 radical (unpaired) electrons. The maximum Gasteiger partial charge on any atom is 0.241 e. The summed E-state index contributed by atoms with van der Waals surface area (Å²) in [6.45, 7) is 2.18. The Kier molecular flexibility index (Phi) is 7.35. The number of carbonyl (C=O) groups is 1. The van der Waals surface area contributed by atoms with Crippen molar-refractivity contribution in [2.24, 2.45) is 5.73 Å². The van der Waals surface area contributed by atoms with Crippen LogP contribution >= 0.6 is 0 Å². The second-order valence-electron chi connectivity index (χ2n) is 2.69. The molecule has 2 nitrogen and oxygen atoms in total. The van der Waals surface area contributed by atoms with Crippen LogP contribution < -0.4 is 5.73 Å². The number of nitrogens with two attached hydrogens (primary N) is 1. The Morgan fingerprint density at radius 1 is 1.33 bits per heavy atom. The largest absolute Gasteiger partial charge is 0.366 e. The number of unbranched alkanes of at least 4 members (excludes halogenated alkanes) is 3. The minimum atomic E-state index is -0.395. The molecule has 0 heterocycles. The average molecular weight is 167 g/mol. The maximum absolute atomic E-state index is 10.2. The van der Waals surface area contributed by atoms with Gasteiger partial charge in [-0.3, -0.25) is 4.79 Å². The summed E-state index contributed by atoms with van der Waals surface area (Å²) in [6.07, 6.45) is 11.8. The first kappa shape index (κ1) is 11.0. The van der Waals surface area contributed by atoms with Gasteiger partial charge in [0, 0.05) is 6.08 Å². The molecular weight excluding hydrogens is 150 g/mol. The molecule has 0 rings (SSSR count). The van der Waals surface area contributed by atoms with Crippen LogP contribution in [0.2, 0.25) is 0 Å².